The molecule has 0 atom stereocenters. The van der Waals surface area contributed by atoms with E-state index in [9.17, 15) is 0 Å². The van der Waals surface area contributed by atoms with Gasteiger partial charge in [-0.2, -0.15) is 0 Å². The minimum atomic E-state index is 0.145. The van der Waals surface area contributed by atoms with Gasteiger partial charge in [0.25, 0.3) is 0 Å². The smallest absolute Gasteiger partial charge is 0.170 e. The zero-order chi connectivity index (χ0) is 15.2. The molecule has 1 saturated carbocycles. The van der Waals surface area contributed by atoms with Gasteiger partial charge in [-0.3, -0.25) is 4.90 Å². The maximum Gasteiger partial charge on any atom is 0.170 e. The van der Waals surface area contributed by atoms with Gasteiger partial charge in [-0.05, 0) is 49.9 Å². The molecule has 1 aromatic carbocycles. The van der Waals surface area contributed by atoms with Gasteiger partial charge in [0.2, 0.25) is 0 Å². The van der Waals surface area contributed by atoms with Crippen LogP contribution < -0.4 is 5.73 Å². The van der Waals surface area contributed by atoms with Gasteiger partial charge in [0, 0.05) is 25.3 Å². The molecule has 0 heterocycles. The van der Waals surface area contributed by atoms with Crippen molar-refractivity contribution in [2.75, 3.05) is 26.8 Å². The average molecular weight is 291 g/mol. The van der Waals surface area contributed by atoms with Crippen LogP contribution in [0.2, 0.25) is 0 Å². The summed E-state index contributed by atoms with van der Waals surface area (Å²) >= 11 is 0. The first-order chi connectivity index (χ1) is 10.1. The van der Waals surface area contributed by atoms with E-state index in [0.29, 0.717) is 0 Å². The number of rotatable bonds is 8. The molecule has 5 heteroatoms. The van der Waals surface area contributed by atoms with Gasteiger partial charge >= 0.3 is 0 Å². The molecular formula is C16H25N3O2. The molecule has 1 aliphatic rings. The maximum absolute atomic E-state index is 8.70. The summed E-state index contributed by atoms with van der Waals surface area (Å²) in [5, 5.41) is 11.7. The second-order valence-corrected chi connectivity index (χ2v) is 5.88. The average Bonchev–Trinajstić information content (AvgIpc) is 3.29. The van der Waals surface area contributed by atoms with Crippen LogP contribution in [0.1, 0.15) is 29.5 Å². The maximum atomic E-state index is 8.70. The van der Waals surface area contributed by atoms with Crippen molar-refractivity contribution in [1.29, 1.82) is 0 Å². The normalized spacial score (nSPS) is 15.7. The van der Waals surface area contributed by atoms with Gasteiger partial charge in [-0.25, -0.2) is 0 Å². The van der Waals surface area contributed by atoms with Crippen molar-refractivity contribution in [3.05, 3.63) is 34.9 Å². The lowest BCUT2D eigenvalue weighted by atomic mass is 10.0. The van der Waals surface area contributed by atoms with Crippen LogP contribution in [0.4, 0.5) is 0 Å². The fourth-order valence-corrected chi connectivity index (χ4v) is 2.22. The van der Waals surface area contributed by atoms with E-state index in [2.05, 4.69) is 17.1 Å². The van der Waals surface area contributed by atoms with E-state index in [4.69, 9.17) is 15.7 Å². The van der Waals surface area contributed by atoms with Crippen molar-refractivity contribution in [2.24, 2.45) is 16.8 Å². The fourth-order valence-electron chi connectivity index (χ4n) is 2.22. The lowest BCUT2D eigenvalue weighted by molar-refractivity contribution is 0.102. The molecule has 1 aliphatic carbocycles. The second-order valence-electron chi connectivity index (χ2n) is 5.88. The molecular weight excluding hydrogens is 266 g/mol. The Bertz CT molecular complexity index is 498. The molecule has 116 valence electrons. The van der Waals surface area contributed by atoms with Gasteiger partial charge in [-0.15, -0.1) is 0 Å². The summed E-state index contributed by atoms with van der Waals surface area (Å²) in [5.41, 5.74) is 8.73. The third kappa shape index (κ3) is 5.02. The van der Waals surface area contributed by atoms with Crippen LogP contribution in [0.25, 0.3) is 0 Å². The predicted octanol–water partition coefficient (Wildman–Crippen LogP) is 1.95. The number of likely N-dealkylation sites (N-methyl/N-ethyl adjacent to an activating group) is 1. The summed E-state index contributed by atoms with van der Waals surface area (Å²) in [6, 6.07) is 5.86. The first-order valence-electron chi connectivity index (χ1n) is 7.44. The van der Waals surface area contributed by atoms with Crippen LogP contribution in [-0.4, -0.2) is 42.7 Å². The van der Waals surface area contributed by atoms with Crippen molar-refractivity contribution >= 4 is 5.84 Å². The largest absolute Gasteiger partial charge is 0.409 e. The molecule has 3 N–H and O–H groups in total. The van der Waals surface area contributed by atoms with Crippen molar-refractivity contribution < 1.29 is 9.94 Å². The van der Waals surface area contributed by atoms with Crippen molar-refractivity contribution in [3.63, 3.8) is 0 Å². The summed E-state index contributed by atoms with van der Waals surface area (Å²) in [4.78, 5) is 2.25. The van der Waals surface area contributed by atoms with Crippen molar-refractivity contribution in [1.82, 2.24) is 4.90 Å². The van der Waals surface area contributed by atoms with Gasteiger partial charge in [0.05, 0.1) is 6.61 Å². The molecule has 2 rings (SSSR count). The molecule has 0 amide bonds. The standard InChI is InChI=1S/C16H25N3O2/c1-12-9-14(16(17)18-20)5-6-15(12)10-19(2)7-8-21-11-13-3-4-13/h5-6,9,13,20H,3-4,7-8,10-11H2,1-2H3,(H2,17,18). The van der Waals surface area contributed by atoms with E-state index in [1.807, 2.05) is 25.1 Å². The number of oxime groups is 1. The highest BCUT2D eigenvalue weighted by molar-refractivity contribution is 5.97. The van der Waals surface area contributed by atoms with E-state index in [1.54, 1.807) is 0 Å². The van der Waals surface area contributed by atoms with Crippen LogP contribution in [0.3, 0.4) is 0 Å². The van der Waals surface area contributed by atoms with Crippen LogP contribution in [0, 0.1) is 12.8 Å². The van der Waals surface area contributed by atoms with E-state index < -0.39 is 0 Å². The molecule has 0 unspecified atom stereocenters. The third-order valence-electron chi connectivity index (χ3n) is 3.85. The number of nitrogens with two attached hydrogens (primary N) is 1. The summed E-state index contributed by atoms with van der Waals surface area (Å²) in [5.74, 6) is 0.968. The van der Waals surface area contributed by atoms with E-state index in [-0.39, 0.29) is 5.84 Å². The summed E-state index contributed by atoms with van der Waals surface area (Å²) in [6.45, 7) is 5.54. The second kappa shape index (κ2) is 7.43. The van der Waals surface area contributed by atoms with Gasteiger partial charge < -0.3 is 15.7 Å². The Kier molecular flexibility index (Phi) is 5.59. The molecule has 0 aliphatic heterocycles. The highest BCUT2D eigenvalue weighted by Crippen LogP contribution is 2.28. The SMILES string of the molecule is Cc1cc(/C(N)=N/O)ccc1CN(C)CCOCC1CC1. The molecule has 5 nitrogen and oxygen atoms in total. The lowest BCUT2D eigenvalue weighted by Crippen LogP contribution is -2.23. The number of ether oxygens (including phenoxy) is 1. The number of hydrogen-bond acceptors (Lipinski definition) is 4. The van der Waals surface area contributed by atoms with Gasteiger partial charge in [0.1, 0.15) is 0 Å². The molecule has 0 aromatic heterocycles. The molecule has 1 aromatic rings. The quantitative estimate of drug-likeness (QED) is 0.252. The van der Waals surface area contributed by atoms with E-state index in [0.717, 1.165) is 43.3 Å². The molecule has 0 radical (unpaired) electrons. The van der Waals surface area contributed by atoms with Crippen LogP contribution >= 0.6 is 0 Å². The Hall–Kier alpha value is -1.59. The zero-order valence-electron chi connectivity index (χ0n) is 12.9. The van der Waals surface area contributed by atoms with Gasteiger partial charge in [-0.1, -0.05) is 17.3 Å². The Morgan fingerprint density at radius 1 is 1.48 bits per heavy atom. The molecule has 0 spiro atoms. The van der Waals surface area contributed by atoms with Crippen LogP contribution in [0.15, 0.2) is 23.4 Å². The summed E-state index contributed by atoms with van der Waals surface area (Å²) in [6.07, 6.45) is 2.67. The Morgan fingerprint density at radius 2 is 2.24 bits per heavy atom. The highest BCUT2D eigenvalue weighted by atomic mass is 16.5. The number of aryl methyl sites for hydroxylation is 1. The van der Waals surface area contributed by atoms with E-state index in [1.165, 1.54) is 18.4 Å². The van der Waals surface area contributed by atoms with Crippen molar-refractivity contribution in [2.45, 2.75) is 26.3 Å². The molecule has 0 bridgehead atoms. The number of amidine groups is 1. The summed E-state index contributed by atoms with van der Waals surface area (Å²) in [7, 11) is 2.09. The molecule has 21 heavy (non-hydrogen) atoms. The topological polar surface area (TPSA) is 71.1 Å². The minimum absolute atomic E-state index is 0.145. The Balaban J connectivity index is 1.80. The summed E-state index contributed by atoms with van der Waals surface area (Å²) < 4.78 is 5.66. The third-order valence-corrected chi connectivity index (χ3v) is 3.85. The Labute approximate surface area is 126 Å². The minimum Gasteiger partial charge on any atom is -0.409 e. The monoisotopic (exact) mass is 291 g/mol. The van der Waals surface area contributed by atoms with E-state index >= 15 is 0 Å². The molecule has 1 fully saturated rings. The van der Waals surface area contributed by atoms with Crippen molar-refractivity contribution in [3.8, 4) is 0 Å². The van der Waals surface area contributed by atoms with Crippen LogP contribution in [-0.2, 0) is 11.3 Å². The Morgan fingerprint density at radius 3 is 2.86 bits per heavy atom. The number of nitrogens with zero attached hydrogens (tertiary/aromatic N) is 2. The first kappa shape index (κ1) is 15.8. The molecule has 0 saturated heterocycles. The zero-order valence-corrected chi connectivity index (χ0v) is 12.9. The van der Waals surface area contributed by atoms with Crippen LogP contribution in [0.5, 0.6) is 0 Å². The predicted molar refractivity (Wildman–Crippen MR) is 83.6 cm³/mol. The number of hydrogen-bond donors (Lipinski definition) is 2. The number of benzene rings is 1. The lowest BCUT2D eigenvalue weighted by Gasteiger charge is -2.18. The highest BCUT2D eigenvalue weighted by Gasteiger charge is 2.20. The fraction of sp³-hybridized carbons (Fsp3) is 0.562. The first-order valence-corrected chi connectivity index (χ1v) is 7.44. The van der Waals surface area contributed by atoms with Gasteiger partial charge in [0.15, 0.2) is 5.84 Å².